The van der Waals surface area contributed by atoms with E-state index in [0.29, 0.717) is 0 Å². The van der Waals surface area contributed by atoms with Gasteiger partial charge in [0.2, 0.25) is 0 Å². The van der Waals surface area contributed by atoms with E-state index in [2.05, 4.69) is 31.0 Å². The SMILES string of the molecule is CCCCC(NCCN(CC)CC)C(=O)O. The summed E-state index contributed by atoms with van der Waals surface area (Å²) in [6, 6.07) is -0.379. The highest BCUT2D eigenvalue weighted by Crippen LogP contribution is 2.00. The molecule has 96 valence electrons. The molecular formula is C12H26N2O2. The maximum atomic E-state index is 10.9. The van der Waals surface area contributed by atoms with E-state index in [1.807, 2.05) is 0 Å². The molecular weight excluding hydrogens is 204 g/mol. The third-order valence-electron chi connectivity index (χ3n) is 2.86. The number of hydrogen-bond donors (Lipinski definition) is 2. The number of carboxylic acids is 1. The lowest BCUT2D eigenvalue weighted by Crippen LogP contribution is -2.41. The normalized spacial score (nSPS) is 13.0. The summed E-state index contributed by atoms with van der Waals surface area (Å²) in [6.45, 7) is 10.0. The molecule has 0 aliphatic heterocycles. The van der Waals surface area contributed by atoms with Crippen LogP contribution in [0.2, 0.25) is 0 Å². The van der Waals surface area contributed by atoms with Gasteiger partial charge in [-0.3, -0.25) is 4.79 Å². The Morgan fingerprint density at radius 1 is 1.31 bits per heavy atom. The molecule has 0 bridgehead atoms. The van der Waals surface area contributed by atoms with Gasteiger partial charge in [-0.1, -0.05) is 33.6 Å². The summed E-state index contributed by atoms with van der Waals surface area (Å²) in [7, 11) is 0. The van der Waals surface area contributed by atoms with Crippen molar-refractivity contribution in [3.8, 4) is 0 Å². The van der Waals surface area contributed by atoms with Crippen LogP contribution in [0.1, 0.15) is 40.0 Å². The van der Waals surface area contributed by atoms with Crippen molar-refractivity contribution in [1.82, 2.24) is 10.2 Å². The smallest absolute Gasteiger partial charge is 0.320 e. The number of carboxylic acid groups (broad SMARTS) is 1. The number of carbonyl (C=O) groups is 1. The van der Waals surface area contributed by atoms with Crippen molar-refractivity contribution in [3.63, 3.8) is 0 Å². The second-order valence-electron chi connectivity index (χ2n) is 4.01. The van der Waals surface area contributed by atoms with E-state index < -0.39 is 5.97 Å². The Hall–Kier alpha value is -0.610. The summed E-state index contributed by atoms with van der Waals surface area (Å²) in [5, 5.41) is 12.1. The lowest BCUT2D eigenvalue weighted by atomic mass is 10.1. The van der Waals surface area contributed by atoms with Gasteiger partial charge in [-0.15, -0.1) is 0 Å². The minimum absolute atomic E-state index is 0.379. The first-order valence-corrected chi connectivity index (χ1v) is 6.34. The summed E-state index contributed by atoms with van der Waals surface area (Å²) in [5.41, 5.74) is 0. The zero-order valence-corrected chi connectivity index (χ0v) is 10.8. The van der Waals surface area contributed by atoms with Gasteiger partial charge in [0.1, 0.15) is 6.04 Å². The lowest BCUT2D eigenvalue weighted by Gasteiger charge is -2.20. The molecule has 0 fully saturated rings. The molecule has 0 aliphatic carbocycles. The van der Waals surface area contributed by atoms with E-state index in [1.165, 1.54) is 0 Å². The molecule has 4 heteroatoms. The molecule has 0 saturated heterocycles. The fourth-order valence-electron chi connectivity index (χ4n) is 1.66. The molecule has 0 heterocycles. The third-order valence-corrected chi connectivity index (χ3v) is 2.86. The fraction of sp³-hybridized carbons (Fsp3) is 0.917. The number of hydrogen-bond acceptors (Lipinski definition) is 3. The molecule has 0 radical (unpaired) electrons. The second kappa shape index (κ2) is 9.60. The van der Waals surface area contributed by atoms with Gasteiger partial charge in [0.15, 0.2) is 0 Å². The van der Waals surface area contributed by atoms with E-state index >= 15 is 0 Å². The first kappa shape index (κ1) is 15.4. The summed E-state index contributed by atoms with van der Waals surface area (Å²) in [5.74, 6) is -0.729. The Morgan fingerprint density at radius 3 is 2.38 bits per heavy atom. The number of unbranched alkanes of at least 4 members (excludes halogenated alkanes) is 1. The van der Waals surface area contributed by atoms with Crippen LogP contribution in [0.5, 0.6) is 0 Å². The number of nitrogens with one attached hydrogen (secondary N) is 1. The van der Waals surface area contributed by atoms with Crippen molar-refractivity contribution in [1.29, 1.82) is 0 Å². The van der Waals surface area contributed by atoms with Gasteiger partial charge in [0, 0.05) is 13.1 Å². The number of rotatable bonds is 10. The molecule has 0 aromatic rings. The Morgan fingerprint density at radius 2 is 1.94 bits per heavy atom. The van der Waals surface area contributed by atoms with Gasteiger partial charge in [0.25, 0.3) is 0 Å². The first-order chi connectivity index (χ1) is 7.65. The summed E-state index contributed by atoms with van der Waals surface area (Å²) in [4.78, 5) is 13.2. The van der Waals surface area contributed by atoms with Gasteiger partial charge in [-0.05, 0) is 19.5 Å². The fourth-order valence-corrected chi connectivity index (χ4v) is 1.66. The Balaban J connectivity index is 3.79. The Labute approximate surface area is 99.0 Å². The highest BCUT2D eigenvalue weighted by Gasteiger charge is 2.15. The van der Waals surface area contributed by atoms with Crippen molar-refractivity contribution in [2.45, 2.75) is 46.1 Å². The Bertz CT molecular complexity index is 182. The molecule has 0 aliphatic rings. The molecule has 0 aromatic carbocycles. The number of nitrogens with zero attached hydrogens (tertiary/aromatic N) is 1. The molecule has 0 amide bonds. The van der Waals surface area contributed by atoms with E-state index in [9.17, 15) is 4.79 Å². The van der Waals surface area contributed by atoms with Gasteiger partial charge in [-0.25, -0.2) is 0 Å². The predicted octanol–water partition coefficient (Wildman–Crippen LogP) is 1.56. The molecule has 0 spiro atoms. The highest BCUT2D eigenvalue weighted by atomic mass is 16.4. The molecule has 2 N–H and O–H groups in total. The van der Waals surface area contributed by atoms with Crippen LogP contribution in [0.3, 0.4) is 0 Å². The van der Waals surface area contributed by atoms with Crippen LogP contribution >= 0.6 is 0 Å². The average molecular weight is 230 g/mol. The third kappa shape index (κ3) is 6.80. The lowest BCUT2D eigenvalue weighted by molar-refractivity contribution is -0.139. The summed E-state index contributed by atoms with van der Waals surface area (Å²) in [6.07, 6.45) is 2.74. The molecule has 1 atom stereocenters. The first-order valence-electron chi connectivity index (χ1n) is 6.34. The minimum Gasteiger partial charge on any atom is -0.480 e. The maximum Gasteiger partial charge on any atom is 0.320 e. The Kier molecular flexibility index (Phi) is 9.24. The van der Waals surface area contributed by atoms with Gasteiger partial charge < -0.3 is 15.3 Å². The summed E-state index contributed by atoms with van der Waals surface area (Å²) < 4.78 is 0. The standard InChI is InChI=1S/C12H26N2O2/c1-4-7-8-11(12(15)16)13-9-10-14(5-2)6-3/h11,13H,4-10H2,1-3H3,(H,15,16). The van der Waals surface area contributed by atoms with Crippen LogP contribution in [-0.2, 0) is 4.79 Å². The molecule has 0 rings (SSSR count). The van der Waals surface area contributed by atoms with E-state index in [0.717, 1.165) is 45.4 Å². The van der Waals surface area contributed by atoms with E-state index in [-0.39, 0.29) is 6.04 Å². The van der Waals surface area contributed by atoms with E-state index in [4.69, 9.17) is 5.11 Å². The van der Waals surface area contributed by atoms with Crippen LogP contribution in [0.25, 0.3) is 0 Å². The quantitative estimate of drug-likeness (QED) is 0.598. The van der Waals surface area contributed by atoms with Gasteiger partial charge in [0.05, 0.1) is 0 Å². The molecule has 1 unspecified atom stereocenters. The van der Waals surface area contributed by atoms with Crippen molar-refractivity contribution < 1.29 is 9.90 Å². The predicted molar refractivity (Wildman–Crippen MR) is 66.7 cm³/mol. The minimum atomic E-state index is -0.729. The van der Waals surface area contributed by atoms with Crippen LogP contribution < -0.4 is 5.32 Å². The molecule has 0 saturated carbocycles. The number of likely N-dealkylation sites (N-methyl/N-ethyl adjacent to an activating group) is 1. The molecule has 0 aromatic heterocycles. The highest BCUT2D eigenvalue weighted by molar-refractivity contribution is 5.73. The van der Waals surface area contributed by atoms with Gasteiger partial charge in [-0.2, -0.15) is 0 Å². The van der Waals surface area contributed by atoms with Crippen LogP contribution in [0, 0.1) is 0 Å². The van der Waals surface area contributed by atoms with Crippen molar-refractivity contribution >= 4 is 5.97 Å². The maximum absolute atomic E-state index is 10.9. The molecule has 4 nitrogen and oxygen atoms in total. The van der Waals surface area contributed by atoms with Crippen molar-refractivity contribution in [2.24, 2.45) is 0 Å². The topological polar surface area (TPSA) is 52.6 Å². The zero-order valence-electron chi connectivity index (χ0n) is 10.8. The van der Waals surface area contributed by atoms with Crippen LogP contribution in [0.15, 0.2) is 0 Å². The van der Waals surface area contributed by atoms with Crippen molar-refractivity contribution in [3.05, 3.63) is 0 Å². The number of aliphatic carboxylic acids is 1. The monoisotopic (exact) mass is 230 g/mol. The van der Waals surface area contributed by atoms with Crippen LogP contribution in [0.4, 0.5) is 0 Å². The van der Waals surface area contributed by atoms with Crippen molar-refractivity contribution in [2.75, 3.05) is 26.2 Å². The van der Waals surface area contributed by atoms with Gasteiger partial charge >= 0.3 is 5.97 Å². The molecule has 16 heavy (non-hydrogen) atoms. The van der Waals surface area contributed by atoms with Crippen LogP contribution in [-0.4, -0.2) is 48.2 Å². The van der Waals surface area contributed by atoms with E-state index in [1.54, 1.807) is 0 Å². The largest absolute Gasteiger partial charge is 0.480 e. The zero-order chi connectivity index (χ0) is 12.4. The second-order valence-corrected chi connectivity index (χ2v) is 4.01. The summed E-state index contributed by atoms with van der Waals surface area (Å²) >= 11 is 0. The average Bonchev–Trinajstić information content (AvgIpc) is 2.28.